The van der Waals surface area contributed by atoms with E-state index in [4.69, 9.17) is 26.2 Å². The Hall–Kier alpha value is -3.35. The Morgan fingerprint density at radius 3 is 2.27 bits per heavy atom. The number of hydrogen-bond donors (Lipinski definition) is 3. The van der Waals surface area contributed by atoms with Crippen molar-refractivity contribution in [2.24, 2.45) is 11.7 Å². The van der Waals surface area contributed by atoms with Crippen LogP contribution >= 0.6 is 7.52 Å². The Morgan fingerprint density at radius 2 is 1.73 bits per heavy atom. The number of aliphatic hydroxyl groups is 1. The zero-order chi connectivity index (χ0) is 30.8. The molecule has 0 aromatic heterocycles. The molecule has 224 valence electrons. The third kappa shape index (κ3) is 12.0. The first-order valence-corrected chi connectivity index (χ1v) is 14.9. The van der Waals surface area contributed by atoms with Gasteiger partial charge in [-0.2, -0.15) is 0 Å². The summed E-state index contributed by atoms with van der Waals surface area (Å²) < 4.78 is 29.3. The SMILES string of the molecule is C#CP(=O)(Nc1ccc(C(=O)C(C)CN(C)c2ccc(COC(N)=O)cc2)cc1)OCC(C)(C)OCCC(C)(C)O. The fourth-order valence-electron chi connectivity index (χ4n) is 3.73. The lowest BCUT2D eigenvalue weighted by Crippen LogP contribution is -2.33. The van der Waals surface area contributed by atoms with E-state index in [0.29, 0.717) is 30.8 Å². The van der Waals surface area contributed by atoms with E-state index in [2.05, 4.69) is 10.7 Å². The smallest absolute Gasteiger partial charge is 0.404 e. The van der Waals surface area contributed by atoms with Gasteiger partial charge in [0.1, 0.15) is 6.61 Å². The van der Waals surface area contributed by atoms with E-state index in [-0.39, 0.29) is 24.9 Å². The Bertz CT molecular complexity index is 1250. The summed E-state index contributed by atoms with van der Waals surface area (Å²) >= 11 is 0. The van der Waals surface area contributed by atoms with Crippen molar-refractivity contribution in [3.63, 3.8) is 0 Å². The molecule has 0 aliphatic carbocycles. The van der Waals surface area contributed by atoms with Crippen LogP contribution in [0.3, 0.4) is 0 Å². The van der Waals surface area contributed by atoms with E-state index in [0.717, 1.165) is 11.3 Å². The average Bonchev–Trinajstić information content (AvgIpc) is 2.90. The number of amides is 1. The summed E-state index contributed by atoms with van der Waals surface area (Å²) in [6.45, 7) is 9.66. The maximum absolute atomic E-state index is 13.1. The Kier molecular flexibility index (Phi) is 12.0. The highest BCUT2D eigenvalue weighted by molar-refractivity contribution is 7.65. The predicted molar refractivity (Wildman–Crippen MR) is 161 cm³/mol. The maximum Gasteiger partial charge on any atom is 0.404 e. The van der Waals surface area contributed by atoms with E-state index >= 15 is 0 Å². The highest BCUT2D eigenvalue weighted by Gasteiger charge is 2.28. The van der Waals surface area contributed by atoms with Gasteiger partial charge in [0.2, 0.25) is 0 Å². The topological polar surface area (TPSA) is 140 Å². The van der Waals surface area contributed by atoms with Crippen molar-refractivity contribution in [1.29, 1.82) is 0 Å². The van der Waals surface area contributed by atoms with Crippen LogP contribution < -0.4 is 15.7 Å². The standard InChI is InChI=1S/C30H42N3O7P/c1-8-41(37,40-21-30(5,6)39-18-17-29(3,4)36)32-25-13-11-24(12-14-25)27(34)22(2)19-33(7)26-15-9-23(10-16-26)20-38-28(31)35/h1,9-16,22,36H,17-21H2,2-7H3,(H2,31,35)(H,32,37). The maximum atomic E-state index is 13.1. The number of rotatable bonds is 16. The van der Waals surface area contributed by atoms with Crippen molar-refractivity contribution in [3.05, 3.63) is 59.7 Å². The van der Waals surface area contributed by atoms with Crippen molar-refractivity contribution in [1.82, 2.24) is 0 Å². The second-order valence-corrected chi connectivity index (χ2v) is 13.1. The minimum Gasteiger partial charge on any atom is -0.445 e. The fourth-order valence-corrected chi connectivity index (χ4v) is 4.92. The van der Waals surface area contributed by atoms with Gasteiger partial charge in [-0.25, -0.2) is 4.79 Å². The molecular weight excluding hydrogens is 545 g/mol. The number of nitrogens with zero attached hydrogens (tertiary/aromatic N) is 1. The molecule has 2 unspecified atom stereocenters. The molecule has 2 atom stereocenters. The molecule has 2 aromatic rings. The first-order valence-electron chi connectivity index (χ1n) is 13.3. The fraction of sp³-hybridized carbons (Fsp3) is 0.467. The van der Waals surface area contributed by atoms with E-state index in [1.165, 1.54) is 0 Å². The number of anilines is 2. The summed E-state index contributed by atoms with van der Waals surface area (Å²) in [5, 5.41) is 12.6. The van der Waals surface area contributed by atoms with Crippen LogP contribution in [0.5, 0.6) is 0 Å². The highest BCUT2D eigenvalue weighted by atomic mass is 31.2. The molecule has 0 aliphatic heterocycles. The van der Waals surface area contributed by atoms with Gasteiger partial charge in [-0.3, -0.25) is 9.36 Å². The van der Waals surface area contributed by atoms with Crippen LogP contribution in [0.2, 0.25) is 0 Å². The van der Waals surface area contributed by atoms with Crippen LogP contribution in [0.1, 0.15) is 57.0 Å². The van der Waals surface area contributed by atoms with Gasteiger partial charge in [0.15, 0.2) is 5.78 Å². The van der Waals surface area contributed by atoms with Crippen molar-refractivity contribution in [3.8, 4) is 12.1 Å². The molecule has 1 amide bonds. The lowest BCUT2D eigenvalue weighted by molar-refractivity contribution is -0.0658. The number of hydrogen-bond acceptors (Lipinski definition) is 8. The van der Waals surface area contributed by atoms with E-state index in [9.17, 15) is 19.3 Å². The molecular formula is C30H42N3O7P. The Labute approximate surface area is 243 Å². The number of ether oxygens (including phenoxy) is 2. The summed E-state index contributed by atoms with van der Waals surface area (Å²) in [7, 11) is -1.79. The zero-order valence-electron chi connectivity index (χ0n) is 24.7. The number of nitrogens with two attached hydrogens (primary N) is 1. The van der Waals surface area contributed by atoms with Crippen LogP contribution in [0, 0.1) is 18.0 Å². The van der Waals surface area contributed by atoms with Crippen LogP contribution in [0.25, 0.3) is 0 Å². The van der Waals surface area contributed by atoms with Crippen molar-refractivity contribution >= 4 is 30.8 Å². The molecule has 0 fully saturated rings. The minimum atomic E-state index is -3.68. The van der Waals surface area contributed by atoms with E-state index < -0.39 is 24.8 Å². The third-order valence-electron chi connectivity index (χ3n) is 6.17. The lowest BCUT2D eigenvalue weighted by Gasteiger charge is -2.28. The Balaban J connectivity index is 1.93. The summed E-state index contributed by atoms with van der Waals surface area (Å²) in [6.07, 6.45) is 5.14. The summed E-state index contributed by atoms with van der Waals surface area (Å²) in [4.78, 5) is 25.8. The number of primary amides is 1. The van der Waals surface area contributed by atoms with Crippen LogP contribution in [-0.4, -0.2) is 55.0 Å². The molecule has 0 saturated heterocycles. The second kappa shape index (κ2) is 14.5. The van der Waals surface area contributed by atoms with Gasteiger partial charge in [0, 0.05) is 42.1 Å². The molecule has 2 rings (SSSR count). The molecule has 0 aliphatic rings. The molecule has 41 heavy (non-hydrogen) atoms. The summed E-state index contributed by atoms with van der Waals surface area (Å²) in [5.41, 5.74) is 8.25. The van der Waals surface area contributed by atoms with Crippen LogP contribution in [-0.2, 0) is 25.2 Å². The molecule has 0 bridgehead atoms. The number of carbonyl (C=O) groups excluding carboxylic acids is 2. The number of carbonyl (C=O) groups is 2. The van der Waals surface area contributed by atoms with E-state index in [1.54, 1.807) is 52.0 Å². The molecule has 0 saturated carbocycles. The number of ketones is 1. The number of benzene rings is 2. The monoisotopic (exact) mass is 587 g/mol. The molecule has 4 N–H and O–H groups in total. The van der Waals surface area contributed by atoms with Crippen molar-refractivity contribution in [2.45, 2.75) is 58.8 Å². The number of nitrogens with one attached hydrogen (secondary N) is 1. The molecule has 10 nitrogen and oxygen atoms in total. The largest absolute Gasteiger partial charge is 0.445 e. The first kappa shape index (κ1) is 33.9. The molecule has 2 aromatic carbocycles. The quantitative estimate of drug-likeness (QED) is 0.134. The van der Waals surface area contributed by atoms with Crippen molar-refractivity contribution < 1.29 is 33.3 Å². The average molecular weight is 588 g/mol. The van der Waals surface area contributed by atoms with Crippen LogP contribution in [0.15, 0.2) is 48.5 Å². The number of terminal acetylenes is 1. The summed E-state index contributed by atoms with van der Waals surface area (Å²) in [5.74, 6) is -0.355. The van der Waals surface area contributed by atoms with Crippen LogP contribution in [0.4, 0.5) is 16.2 Å². The van der Waals surface area contributed by atoms with Gasteiger partial charge in [0.05, 0.1) is 24.4 Å². The van der Waals surface area contributed by atoms with Gasteiger partial charge in [0.25, 0.3) is 0 Å². The lowest BCUT2D eigenvalue weighted by atomic mass is 9.98. The molecule has 0 heterocycles. The molecule has 0 radical (unpaired) electrons. The van der Waals surface area contributed by atoms with Gasteiger partial charge in [-0.05, 0) is 76.1 Å². The molecule has 0 spiro atoms. The zero-order valence-corrected chi connectivity index (χ0v) is 25.6. The minimum absolute atomic E-state index is 0.0290. The predicted octanol–water partition coefficient (Wildman–Crippen LogP) is 5.41. The first-order chi connectivity index (χ1) is 19.0. The number of Topliss-reactive ketones (excluding diaryl/α,β-unsaturated/α-hetero) is 1. The van der Waals surface area contributed by atoms with E-state index in [1.807, 2.05) is 43.1 Å². The third-order valence-corrected chi connectivity index (χ3v) is 7.56. The second-order valence-electron chi connectivity index (χ2n) is 11.2. The normalized spacial score (nSPS) is 13.9. The summed E-state index contributed by atoms with van der Waals surface area (Å²) in [6, 6.07) is 14.0. The van der Waals surface area contributed by atoms with Gasteiger partial charge < -0.3 is 34.8 Å². The molecule has 11 heteroatoms. The Morgan fingerprint density at radius 1 is 1.12 bits per heavy atom. The van der Waals surface area contributed by atoms with Gasteiger partial charge in [-0.15, -0.1) is 6.42 Å². The highest BCUT2D eigenvalue weighted by Crippen LogP contribution is 2.46. The van der Waals surface area contributed by atoms with Gasteiger partial charge >= 0.3 is 13.6 Å². The van der Waals surface area contributed by atoms with Crippen molar-refractivity contribution in [2.75, 3.05) is 36.8 Å². The van der Waals surface area contributed by atoms with Gasteiger partial charge in [-0.1, -0.05) is 19.1 Å².